The van der Waals surface area contributed by atoms with Crippen LogP contribution in [-0.4, -0.2) is 24.8 Å². The van der Waals surface area contributed by atoms with Crippen molar-refractivity contribution in [1.82, 2.24) is 5.32 Å². The zero-order valence-corrected chi connectivity index (χ0v) is 9.85. The second-order valence-corrected chi connectivity index (χ2v) is 6.29. The zero-order valence-electron chi connectivity index (χ0n) is 9.85. The van der Waals surface area contributed by atoms with Crippen molar-refractivity contribution in [2.75, 3.05) is 13.1 Å². The van der Waals surface area contributed by atoms with Crippen LogP contribution >= 0.6 is 0 Å². The van der Waals surface area contributed by atoms with Crippen molar-refractivity contribution >= 4 is 0 Å². The van der Waals surface area contributed by atoms with E-state index in [2.05, 4.69) is 12.2 Å². The summed E-state index contributed by atoms with van der Waals surface area (Å²) in [6.07, 6.45) is 9.95. The Bertz CT molecular complexity index is 241. The fraction of sp³-hybridized carbons (Fsp3) is 1.00. The third kappa shape index (κ3) is 1.83. The van der Waals surface area contributed by atoms with Crippen LogP contribution in [0.3, 0.4) is 0 Å². The highest BCUT2D eigenvalue weighted by Gasteiger charge is 2.45. The molecule has 1 saturated carbocycles. The van der Waals surface area contributed by atoms with E-state index in [1.807, 2.05) is 0 Å². The largest absolute Gasteiger partial charge is 0.372 e. The van der Waals surface area contributed by atoms with Crippen molar-refractivity contribution in [3.05, 3.63) is 0 Å². The van der Waals surface area contributed by atoms with Crippen LogP contribution in [0.15, 0.2) is 0 Å². The molecule has 2 aliphatic heterocycles. The Morgan fingerprint density at radius 1 is 1.20 bits per heavy atom. The molecule has 1 unspecified atom stereocenters. The molecule has 2 saturated heterocycles. The Kier molecular flexibility index (Phi) is 2.33. The van der Waals surface area contributed by atoms with Gasteiger partial charge in [-0.25, -0.2) is 0 Å². The molecule has 3 fully saturated rings. The summed E-state index contributed by atoms with van der Waals surface area (Å²) >= 11 is 0. The van der Waals surface area contributed by atoms with Gasteiger partial charge in [0, 0.05) is 13.1 Å². The van der Waals surface area contributed by atoms with E-state index in [1.165, 1.54) is 58.0 Å². The molecule has 1 N–H and O–H groups in total. The fourth-order valence-corrected chi connectivity index (χ4v) is 3.67. The van der Waals surface area contributed by atoms with Crippen LogP contribution in [0.1, 0.15) is 51.9 Å². The number of hydrogen-bond acceptors (Lipinski definition) is 2. The molecule has 15 heavy (non-hydrogen) atoms. The maximum Gasteiger partial charge on any atom is 0.0687 e. The second kappa shape index (κ2) is 3.46. The Labute approximate surface area is 92.8 Å². The summed E-state index contributed by atoms with van der Waals surface area (Å²) in [6, 6.07) is 0. The summed E-state index contributed by atoms with van der Waals surface area (Å²) < 4.78 is 6.35. The normalized spacial score (nSPS) is 37.0. The SMILES string of the molecule is CC1(CC2CCC3(CCCC3)O2)CNC1. The number of ether oxygens (including phenoxy) is 1. The Hall–Kier alpha value is -0.0800. The number of nitrogens with one attached hydrogen (secondary N) is 1. The van der Waals surface area contributed by atoms with Gasteiger partial charge in [0.05, 0.1) is 11.7 Å². The second-order valence-electron chi connectivity index (χ2n) is 6.29. The average molecular weight is 209 g/mol. The van der Waals surface area contributed by atoms with Gasteiger partial charge in [-0.3, -0.25) is 0 Å². The van der Waals surface area contributed by atoms with Crippen LogP contribution in [0.25, 0.3) is 0 Å². The Balaban J connectivity index is 1.56. The molecule has 0 amide bonds. The van der Waals surface area contributed by atoms with Crippen molar-refractivity contribution in [1.29, 1.82) is 0 Å². The number of rotatable bonds is 2. The summed E-state index contributed by atoms with van der Waals surface area (Å²) in [6.45, 7) is 4.78. The molecule has 2 heteroatoms. The molecule has 0 bridgehead atoms. The van der Waals surface area contributed by atoms with E-state index >= 15 is 0 Å². The first kappa shape index (κ1) is 10.1. The van der Waals surface area contributed by atoms with Crippen molar-refractivity contribution in [2.24, 2.45) is 5.41 Å². The lowest BCUT2D eigenvalue weighted by Crippen LogP contribution is -2.52. The predicted molar refractivity (Wildman–Crippen MR) is 60.9 cm³/mol. The molecule has 0 radical (unpaired) electrons. The van der Waals surface area contributed by atoms with E-state index in [4.69, 9.17) is 4.74 Å². The lowest BCUT2D eigenvalue weighted by atomic mass is 9.78. The Morgan fingerprint density at radius 3 is 2.53 bits per heavy atom. The first-order valence-corrected chi connectivity index (χ1v) is 6.58. The maximum atomic E-state index is 6.35. The summed E-state index contributed by atoms with van der Waals surface area (Å²) in [5.74, 6) is 0. The molecule has 1 spiro atoms. The highest BCUT2D eigenvalue weighted by atomic mass is 16.5. The maximum absolute atomic E-state index is 6.35. The minimum absolute atomic E-state index is 0.332. The van der Waals surface area contributed by atoms with Gasteiger partial charge in [0.25, 0.3) is 0 Å². The third-order valence-corrected chi connectivity index (χ3v) is 4.68. The third-order valence-electron chi connectivity index (χ3n) is 4.68. The predicted octanol–water partition coefficient (Wildman–Crippen LogP) is 2.48. The minimum atomic E-state index is 0.332. The van der Waals surface area contributed by atoms with Gasteiger partial charge in [-0.1, -0.05) is 19.8 Å². The molecule has 3 aliphatic rings. The molecule has 2 heterocycles. The van der Waals surface area contributed by atoms with Crippen LogP contribution in [0.5, 0.6) is 0 Å². The van der Waals surface area contributed by atoms with Gasteiger partial charge < -0.3 is 10.1 Å². The summed E-state index contributed by atoms with van der Waals surface area (Å²) in [7, 11) is 0. The van der Waals surface area contributed by atoms with Crippen LogP contribution < -0.4 is 5.32 Å². The van der Waals surface area contributed by atoms with E-state index in [0.29, 0.717) is 17.1 Å². The van der Waals surface area contributed by atoms with Crippen molar-refractivity contribution in [3.8, 4) is 0 Å². The summed E-state index contributed by atoms with van der Waals surface area (Å²) in [4.78, 5) is 0. The van der Waals surface area contributed by atoms with Crippen molar-refractivity contribution in [2.45, 2.75) is 63.6 Å². The molecule has 0 aromatic rings. The quantitative estimate of drug-likeness (QED) is 0.754. The first-order valence-electron chi connectivity index (χ1n) is 6.58. The lowest BCUT2D eigenvalue weighted by Gasteiger charge is -2.41. The van der Waals surface area contributed by atoms with E-state index in [9.17, 15) is 0 Å². The zero-order chi connectivity index (χ0) is 10.4. The fourth-order valence-electron chi connectivity index (χ4n) is 3.67. The molecular weight excluding hydrogens is 186 g/mol. The summed E-state index contributed by atoms with van der Waals surface area (Å²) in [5.41, 5.74) is 0.868. The topological polar surface area (TPSA) is 21.3 Å². The minimum Gasteiger partial charge on any atom is -0.372 e. The van der Waals surface area contributed by atoms with Gasteiger partial charge in [0.15, 0.2) is 0 Å². The van der Waals surface area contributed by atoms with Crippen molar-refractivity contribution < 1.29 is 4.74 Å². The molecule has 1 atom stereocenters. The van der Waals surface area contributed by atoms with Gasteiger partial charge >= 0.3 is 0 Å². The smallest absolute Gasteiger partial charge is 0.0687 e. The van der Waals surface area contributed by atoms with Crippen LogP contribution in [0, 0.1) is 5.41 Å². The lowest BCUT2D eigenvalue weighted by molar-refractivity contribution is -0.0572. The molecule has 1 aliphatic carbocycles. The first-order chi connectivity index (χ1) is 7.20. The van der Waals surface area contributed by atoms with E-state index in [-0.39, 0.29) is 0 Å². The van der Waals surface area contributed by atoms with Gasteiger partial charge in [0.2, 0.25) is 0 Å². The van der Waals surface area contributed by atoms with Crippen LogP contribution in [0.4, 0.5) is 0 Å². The van der Waals surface area contributed by atoms with E-state index in [0.717, 1.165) is 0 Å². The molecular formula is C13H23NO. The van der Waals surface area contributed by atoms with E-state index < -0.39 is 0 Å². The summed E-state index contributed by atoms with van der Waals surface area (Å²) in [5, 5.41) is 3.38. The van der Waals surface area contributed by atoms with Crippen molar-refractivity contribution in [3.63, 3.8) is 0 Å². The molecule has 3 rings (SSSR count). The van der Waals surface area contributed by atoms with Gasteiger partial charge in [-0.15, -0.1) is 0 Å². The van der Waals surface area contributed by atoms with Gasteiger partial charge in [-0.05, 0) is 37.5 Å². The van der Waals surface area contributed by atoms with Crippen LogP contribution in [0.2, 0.25) is 0 Å². The van der Waals surface area contributed by atoms with E-state index in [1.54, 1.807) is 0 Å². The number of hydrogen-bond donors (Lipinski definition) is 1. The van der Waals surface area contributed by atoms with Gasteiger partial charge in [-0.2, -0.15) is 0 Å². The van der Waals surface area contributed by atoms with Gasteiger partial charge in [0.1, 0.15) is 0 Å². The molecule has 86 valence electrons. The Morgan fingerprint density at radius 2 is 1.93 bits per heavy atom. The molecule has 0 aromatic heterocycles. The molecule has 0 aromatic carbocycles. The monoisotopic (exact) mass is 209 g/mol. The van der Waals surface area contributed by atoms with Crippen LogP contribution in [-0.2, 0) is 4.74 Å². The highest BCUT2D eigenvalue weighted by Crippen LogP contribution is 2.46. The highest BCUT2D eigenvalue weighted by molar-refractivity contribution is 4.97. The average Bonchev–Trinajstić information content (AvgIpc) is 2.76. The standard InChI is InChI=1S/C13H23NO/c1-12(9-14-10-12)8-11-4-7-13(15-11)5-2-3-6-13/h11,14H,2-10H2,1H3. The molecule has 2 nitrogen and oxygen atoms in total.